The highest BCUT2D eigenvalue weighted by atomic mass is 127. The summed E-state index contributed by atoms with van der Waals surface area (Å²) in [6.07, 6.45) is 4.90. The number of aromatic nitrogens is 4. The van der Waals surface area contributed by atoms with Crippen molar-refractivity contribution >= 4 is 28.1 Å². The molecule has 0 aliphatic carbocycles. The Kier molecular flexibility index (Phi) is 1.30. The Morgan fingerprint density at radius 1 is 1.50 bits per heavy atom. The van der Waals surface area contributed by atoms with Crippen molar-refractivity contribution in [2.45, 2.75) is 0 Å². The largest absolute Gasteiger partial charge is 0.242 e. The monoisotopic (exact) mass is 246 g/mol. The maximum atomic E-state index is 3.99. The van der Waals surface area contributed by atoms with E-state index in [0.29, 0.717) is 0 Å². The molecule has 0 amide bonds. The minimum atomic E-state index is 0.921. The second kappa shape index (κ2) is 2.15. The van der Waals surface area contributed by atoms with E-state index < -0.39 is 0 Å². The van der Waals surface area contributed by atoms with E-state index in [0.717, 1.165) is 9.22 Å². The van der Waals surface area contributed by atoms with Gasteiger partial charge in [-0.1, -0.05) is 0 Å². The average molecular weight is 246 g/mol. The number of fused-ring (bicyclic) bond motifs is 1. The van der Waals surface area contributed by atoms with Gasteiger partial charge in [0.15, 0.2) is 0 Å². The van der Waals surface area contributed by atoms with Gasteiger partial charge in [0.25, 0.3) is 0 Å². The van der Waals surface area contributed by atoms with E-state index in [1.54, 1.807) is 17.0 Å². The van der Waals surface area contributed by atoms with Crippen LogP contribution in [-0.2, 0) is 0 Å². The quantitative estimate of drug-likeness (QED) is 0.643. The molecule has 2 rings (SSSR count). The third-order valence-electron chi connectivity index (χ3n) is 1.18. The van der Waals surface area contributed by atoms with Gasteiger partial charge in [0.1, 0.15) is 21.9 Å². The molecule has 0 atom stereocenters. The smallest absolute Gasteiger partial charge is 0.137 e. The molecule has 0 unspecified atom stereocenters. The molecule has 2 aromatic heterocycles. The topological polar surface area (TPSA) is 43.1 Å². The van der Waals surface area contributed by atoms with Gasteiger partial charge in [-0.25, -0.2) is 14.5 Å². The molecule has 0 spiro atoms. The van der Waals surface area contributed by atoms with Crippen molar-refractivity contribution in [1.82, 2.24) is 19.6 Å². The summed E-state index contributed by atoms with van der Waals surface area (Å²) in [5.41, 5.74) is 0.947. The van der Waals surface area contributed by atoms with E-state index in [-0.39, 0.29) is 0 Å². The van der Waals surface area contributed by atoms with Crippen molar-refractivity contribution in [3.63, 3.8) is 0 Å². The van der Waals surface area contributed by atoms with E-state index in [1.807, 2.05) is 0 Å². The van der Waals surface area contributed by atoms with Crippen molar-refractivity contribution in [3.8, 4) is 0 Å². The maximum absolute atomic E-state index is 3.99. The van der Waals surface area contributed by atoms with Crippen LogP contribution < -0.4 is 0 Å². The lowest BCUT2D eigenvalue weighted by Gasteiger charge is -1.90. The third kappa shape index (κ3) is 0.772. The highest BCUT2D eigenvalue weighted by Crippen LogP contribution is 2.06. The summed E-state index contributed by atoms with van der Waals surface area (Å²) in [7, 11) is 0. The first-order chi connectivity index (χ1) is 4.88. The Labute approximate surface area is 70.4 Å². The predicted octanol–water partition coefficient (Wildman–Crippen LogP) is 0.729. The van der Waals surface area contributed by atoms with Crippen LogP contribution in [0.2, 0.25) is 0 Å². The zero-order valence-electron chi connectivity index (χ0n) is 4.90. The lowest BCUT2D eigenvalue weighted by atomic mass is 10.6. The summed E-state index contributed by atoms with van der Waals surface area (Å²) in [4.78, 5) is 7.91. The normalized spacial score (nSPS) is 10.5. The van der Waals surface area contributed by atoms with E-state index >= 15 is 0 Å². The molecule has 0 saturated carbocycles. The molecule has 0 aromatic carbocycles. The number of hydrogen-bond acceptors (Lipinski definition) is 3. The standard InChI is InChI=1S/C5H3IN4/c6-5-4-1-7-3-10(4)9-2-8-5/h1-3H. The number of nitrogens with zero attached hydrogens (tertiary/aromatic N) is 4. The molecular formula is C5H3IN4. The van der Waals surface area contributed by atoms with E-state index in [2.05, 4.69) is 37.7 Å². The minimum Gasteiger partial charge on any atom is -0.242 e. The van der Waals surface area contributed by atoms with Gasteiger partial charge < -0.3 is 0 Å². The number of imidazole rings is 1. The van der Waals surface area contributed by atoms with Crippen LogP contribution in [0, 0.1) is 3.70 Å². The number of halogens is 1. The predicted molar refractivity (Wildman–Crippen MR) is 43.5 cm³/mol. The molecule has 5 heteroatoms. The molecular weight excluding hydrogens is 243 g/mol. The highest BCUT2D eigenvalue weighted by Gasteiger charge is 1.97. The molecule has 0 aliphatic heterocycles. The first-order valence-corrected chi connectivity index (χ1v) is 3.74. The summed E-state index contributed by atoms with van der Waals surface area (Å²) in [5.74, 6) is 0. The molecule has 0 radical (unpaired) electrons. The Hall–Kier alpha value is -0.720. The number of rotatable bonds is 0. The van der Waals surface area contributed by atoms with Crippen LogP contribution in [0.3, 0.4) is 0 Å². The van der Waals surface area contributed by atoms with Crippen molar-refractivity contribution in [2.24, 2.45) is 0 Å². The Bertz CT molecular complexity index is 355. The van der Waals surface area contributed by atoms with Crippen LogP contribution in [0.4, 0.5) is 0 Å². The minimum absolute atomic E-state index is 0.921. The van der Waals surface area contributed by atoms with Gasteiger partial charge >= 0.3 is 0 Å². The fraction of sp³-hybridized carbons (Fsp3) is 0. The van der Waals surface area contributed by atoms with Crippen LogP contribution in [0.1, 0.15) is 0 Å². The fourth-order valence-electron chi connectivity index (χ4n) is 0.727. The Morgan fingerprint density at radius 2 is 2.40 bits per heavy atom. The maximum Gasteiger partial charge on any atom is 0.137 e. The molecule has 50 valence electrons. The molecule has 0 bridgehead atoms. The summed E-state index contributed by atoms with van der Waals surface area (Å²) in [6.45, 7) is 0. The molecule has 0 fully saturated rings. The molecule has 0 aliphatic rings. The summed E-state index contributed by atoms with van der Waals surface area (Å²) in [5, 5.41) is 3.94. The third-order valence-corrected chi connectivity index (χ3v) is 2.01. The van der Waals surface area contributed by atoms with Gasteiger partial charge in [0.2, 0.25) is 0 Å². The van der Waals surface area contributed by atoms with Crippen LogP contribution in [-0.4, -0.2) is 19.6 Å². The van der Waals surface area contributed by atoms with Gasteiger partial charge in [0.05, 0.1) is 6.20 Å². The molecule has 0 N–H and O–H groups in total. The van der Waals surface area contributed by atoms with Gasteiger partial charge in [-0.15, -0.1) is 0 Å². The molecule has 10 heavy (non-hydrogen) atoms. The van der Waals surface area contributed by atoms with Gasteiger partial charge in [-0.2, -0.15) is 5.10 Å². The summed E-state index contributed by atoms with van der Waals surface area (Å²) < 4.78 is 2.61. The Balaban J connectivity index is 2.95. The summed E-state index contributed by atoms with van der Waals surface area (Å²) in [6, 6.07) is 0. The first-order valence-electron chi connectivity index (χ1n) is 2.67. The van der Waals surface area contributed by atoms with E-state index in [9.17, 15) is 0 Å². The molecule has 4 nitrogen and oxygen atoms in total. The van der Waals surface area contributed by atoms with Gasteiger partial charge in [-0.3, -0.25) is 0 Å². The van der Waals surface area contributed by atoms with Crippen LogP contribution in [0.15, 0.2) is 18.9 Å². The lowest BCUT2D eigenvalue weighted by molar-refractivity contribution is 0.883. The average Bonchev–Trinajstić information content (AvgIpc) is 2.36. The zero-order chi connectivity index (χ0) is 6.97. The SMILES string of the molecule is Ic1ncnn2cncc12. The second-order valence-corrected chi connectivity index (χ2v) is 2.80. The molecule has 0 saturated heterocycles. The zero-order valence-corrected chi connectivity index (χ0v) is 7.06. The number of hydrogen-bond donors (Lipinski definition) is 0. The lowest BCUT2D eigenvalue weighted by Crippen LogP contribution is -1.92. The van der Waals surface area contributed by atoms with E-state index in [4.69, 9.17) is 0 Å². The Morgan fingerprint density at radius 3 is 3.20 bits per heavy atom. The second-order valence-electron chi connectivity index (χ2n) is 1.77. The van der Waals surface area contributed by atoms with Gasteiger partial charge in [-0.05, 0) is 22.6 Å². The molecule has 2 aromatic rings. The van der Waals surface area contributed by atoms with Crippen LogP contribution in [0.25, 0.3) is 5.52 Å². The highest BCUT2D eigenvalue weighted by molar-refractivity contribution is 14.1. The molecule has 2 heterocycles. The fourth-order valence-corrected chi connectivity index (χ4v) is 1.24. The van der Waals surface area contributed by atoms with Crippen molar-refractivity contribution in [3.05, 3.63) is 22.6 Å². The first kappa shape index (κ1) is 6.02. The van der Waals surface area contributed by atoms with Crippen LogP contribution >= 0.6 is 22.6 Å². The van der Waals surface area contributed by atoms with E-state index in [1.165, 1.54) is 6.33 Å². The van der Waals surface area contributed by atoms with Crippen molar-refractivity contribution in [1.29, 1.82) is 0 Å². The summed E-state index contributed by atoms with van der Waals surface area (Å²) >= 11 is 2.14. The van der Waals surface area contributed by atoms with Crippen molar-refractivity contribution < 1.29 is 0 Å². The van der Waals surface area contributed by atoms with Crippen molar-refractivity contribution in [2.75, 3.05) is 0 Å². The van der Waals surface area contributed by atoms with Gasteiger partial charge in [0, 0.05) is 0 Å². The van der Waals surface area contributed by atoms with Crippen LogP contribution in [0.5, 0.6) is 0 Å².